The van der Waals surface area contributed by atoms with Crippen molar-refractivity contribution in [1.29, 1.82) is 5.26 Å². The van der Waals surface area contributed by atoms with E-state index >= 15 is 0 Å². The van der Waals surface area contributed by atoms with E-state index in [1.54, 1.807) is 24.3 Å². The maximum Gasteiger partial charge on any atom is 0.100 e. The highest BCUT2D eigenvalue weighted by Gasteiger charge is 1.94. The number of azide groups is 1. The highest BCUT2D eigenvalue weighted by molar-refractivity contribution is 5.47. The van der Waals surface area contributed by atoms with Crippen LogP contribution >= 0.6 is 0 Å². The van der Waals surface area contributed by atoms with Crippen molar-refractivity contribution in [1.82, 2.24) is 0 Å². The van der Waals surface area contributed by atoms with Crippen LogP contribution < -0.4 is 0 Å². The van der Waals surface area contributed by atoms with E-state index in [-0.39, 0.29) is 6.54 Å². The molecule has 0 atom stereocenters. The van der Waals surface area contributed by atoms with E-state index in [0.29, 0.717) is 11.1 Å². The van der Waals surface area contributed by atoms with Gasteiger partial charge < -0.3 is 0 Å². The van der Waals surface area contributed by atoms with Crippen molar-refractivity contribution in [2.45, 2.75) is 0 Å². The number of rotatable bonds is 1. The Bertz CT molecular complexity index is 467. The van der Waals surface area contributed by atoms with Crippen LogP contribution in [0.1, 0.15) is 11.1 Å². The van der Waals surface area contributed by atoms with Crippen molar-refractivity contribution < 1.29 is 0 Å². The molecule has 0 aromatic heterocycles. The van der Waals surface area contributed by atoms with Crippen molar-refractivity contribution in [3.05, 3.63) is 45.8 Å². The molecule has 0 aliphatic carbocycles. The molecule has 1 aromatic carbocycles. The molecular weight excluding hydrogens is 176 g/mol. The molecule has 0 unspecified atom stereocenters. The molecule has 0 aliphatic rings. The van der Waals surface area contributed by atoms with E-state index in [9.17, 15) is 0 Å². The van der Waals surface area contributed by atoms with Crippen LogP contribution in [0.25, 0.3) is 10.4 Å². The molecule has 1 aromatic rings. The first-order valence-electron chi connectivity index (χ1n) is 3.87. The molecule has 0 fully saturated rings. The van der Waals surface area contributed by atoms with Crippen LogP contribution in [-0.2, 0) is 0 Å². The lowest BCUT2D eigenvalue weighted by molar-refractivity contribution is 1.25. The molecule has 4 heteroatoms. The third-order valence-electron chi connectivity index (χ3n) is 1.48. The number of nitrogens with zero attached hydrogens (tertiary/aromatic N) is 4. The number of nitriles is 1. The Hall–Kier alpha value is -2.42. The molecule has 0 heterocycles. The third kappa shape index (κ3) is 2.57. The highest BCUT2D eigenvalue weighted by atomic mass is 15.1. The monoisotopic (exact) mass is 182 g/mol. The van der Waals surface area contributed by atoms with Crippen molar-refractivity contribution in [2.24, 2.45) is 5.11 Å². The lowest BCUT2D eigenvalue weighted by Gasteiger charge is -1.91. The predicted molar refractivity (Wildman–Crippen MR) is 52.0 cm³/mol. The Morgan fingerprint density at radius 2 is 2.07 bits per heavy atom. The zero-order valence-corrected chi connectivity index (χ0v) is 7.31. The van der Waals surface area contributed by atoms with Crippen LogP contribution in [0.2, 0.25) is 0 Å². The van der Waals surface area contributed by atoms with Gasteiger partial charge in [-0.2, -0.15) is 5.26 Å². The lowest BCUT2D eigenvalue weighted by atomic mass is 10.1. The van der Waals surface area contributed by atoms with Crippen LogP contribution in [0, 0.1) is 23.2 Å². The molecule has 66 valence electrons. The SMILES string of the molecule is N#Cc1ccccc1C#CCN=[N+]=[N-]. The minimum Gasteiger partial charge on any atom is -0.192 e. The van der Waals surface area contributed by atoms with Gasteiger partial charge in [0.15, 0.2) is 0 Å². The quantitative estimate of drug-likeness (QED) is 0.284. The molecule has 0 saturated heterocycles. The second kappa shape index (κ2) is 5.27. The number of hydrogen-bond acceptors (Lipinski definition) is 2. The summed E-state index contributed by atoms with van der Waals surface area (Å²) in [5.41, 5.74) is 9.19. The van der Waals surface area contributed by atoms with Gasteiger partial charge in [-0.15, -0.1) is 0 Å². The molecule has 0 bridgehead atoms. The molecule has 0 aliphatic heterocycles. The zero-order chi connectivity index (χ0) is 10.2. The van der Waals surface area contributed by atoms with Crippen molar-refractivity contribution in [2.75, 3.05) is 6.54 Å². The first kappa shape index (κ1) is 9.67. The minimum absolute atomic E-state index is 0.121. The van der Waals surface area contributed by atoms with E-state index < -0.39 is 0 Å². The third-order valence-corrected chi connectivity index (χ3v) is 1.48. The topological polar surface area (TPSA) is 72.5 Å². The number of hydrogen-bond donors (Lipinski definition) is 0. The van der Waals surface area contributed by atoms with Crippen molar-refractivity contribution >= 4 is 0 Å². The van der Waals surface area contributed by atoms with E-state index in [4.69, 9.17) is 10.8 Å². The van der Waals surface area contributed by atoms with Crippen LogP contribution in [0.5, 0.6) is 0 Å². The molecule has 0 radical (unpaired) electrons. The van der Waals surface area contributed by atoms with Crippen molar-refractivity contribution in [3.63, 3.8) is 0 Å². The molecule has 0 spiro atoms. The molecule has 4 nitrogen and oxygen atoms in total. The van der Waals surface area contributed by atoms with E-state index in [1.165, 1.54) is 0 Å². The van der Waals surface area contributed by atoms with Gasteiger partial charge in [0.05, 0.1) is 12.1 Å². The molecule has 1 rings (SSSR count). The van der Waals surface area contributed by atoms with Gasteiger partial charge in [-0.1, -0.05) is 29.1 Å². The summed E-state index contributed by atoms with van der Waals surface area (Å²) in [5, 5.41) is 12.0. The second-order valence-electron chi connectivity index (χ2n) is 2.35. The summed E-state index contributed by atoms with van der Waals surface area (Å²) in [6.45, 7) is 0.121. The fourth-order valence-corrected chi connectivity index (χ4v) is 0.891. The van der Waals surface area contributed by atoms with Crippen LogP contribution in [0.4, 0.5) is 0 Å². The van der Waals surface area contributed by atoms with E-state index in [0.717, 1.165) is 0 Å². The Labute approximate surface area is 81.4 Å². The van der Waals surface area contributed by atoms with Crippen molar-refractivity contribution in [3.8, 4) is 17.9 Å². The first-order chi connectivity index (χ1) is 6.88. The average Bonchev–Trinajstić information content (AvgIpc) is 2.25. The minimum atomic E-state index is 0.121. The summed E-state index contributed by atoms with van der Waals surface area (Å²) >= 11 is 0. The lowest BCUT2D eigenvalue weighted by Crippen LogP contribution is -1.81. The van der Waals surface area contributed by atoms with Gasteiger partial charge in [-0.25, -0.2) is 0 Å². The maximum absolute atomic E-state index is 8.72. The Kier molecular flexibility index (Phi) is 3.64. The predicted octanol–water partition coefficient (Wildman–Crippen LogP) is 2.22. The van der Waals surface area contributed by atoms with Gasteiger partial charge in [0.25, 0.3) is 0 Å². The smallest absolute Gasteiger partial charge is 0.100 e. The fourth-order valence-electron chi connectivity index (χ4n) is 0.891. The molecule has 14 heavy (non-hydrogen) atoms. The van der Waals surface area contributed by atoms with Gasteiger partial charge >= 0.3 is 0 Å². The normalized spacial score (nSPS) is 7.64. The molecule has 0 N–H and O–H groups in total. The summed E-state index contributed by atoms with van der Waals surface area (Å²) in [7, 11) is 0. The number of benzene rings is 1. The van der Waals surface area contributed by atoms with Gasteiger partial charge in [0.1, 0.15) is 6.07 Å². The highest BCUT2D eigenvalue weighted by Crippen LogP contribution is 2.04. The van der Waals surface area contributed by atoms with E-state index in [2.05, 4.69) is 21.9 Å². The van der Waals surface area contributed by atoms with Gasteiger partial charge in [0, 0.05) is 10.5 Å². The van der Waals surface area contributed by atoms with Gasteiger partial charge in [0.2, 0.25) is 0 Å². The second-order valence-corrected chi connectivity index (χ2v) is 2.35. The maximum atomic E-state index is 8.72. The largest absolute Gasteiger partial charge is 0.192 e. The van der Waals surface area contributed by atoms with Crippen LogP contribution in [-0.4, -0.2) is 6.54 Å². The van der Waals surface area contributed by atoms with Crippen LogP contribution in [0.15, 0.2) is 29.4 Å². The van der Waals surface area contributed by atoms with Crippen LogP contribution in [0.3, 0.4) is 0 Å². The van der Waals surface area contributed by atoms with Gasteiger partial charge in [-0.05, 0) is 17.7 Å². The molecular formula is C10H6N4. The zero-order valence-electron chi connectivity index (χ0n) is 7.31. The summed E-state index contributed by atoms with van der Waals surface area (Å²) in [6.07, 6.45) is 0. The molecule has 0 saturated carbocycles. The molecule has 0 amide bonds. The average molecular weight is 182 g/mol. The standard InChI is InChI=1S/C10H6N4/c11-8-10-5-2-1-4-9(10)6-3-7-13-14-12/h1-2,4-5H,7H2. The Balaban J connectivity index is 2.89. The van der Waals surface area contributed by atoms with E-state index in [1.807, 2.05) is 6.07 Å². The summed E-state index contributed by atoms with van der Waals surface area (Å²) in [4.78, 5) is 2.57. The first-order valence-corrected chi connectivity index (χ1v) is 3.87. The summed E-state index contributed by atoms with van der Waals surface area (Å²) in [5.74, 6) is 5.42. The van der Waals surface area contributed by atoms with Gasteiger partial charge in [-0.3, -0.25) is 0 Å². The Morgan fingerprint density at radius 1 is 1.36 bits per heavy atom. The fraction of sp³-hybridized carbons (Fsp3) is 0.100. The summed E-state index contributed by atoms with van der Waals surface area (Å²) in [6, 6.07) is 9.05. The summed E-state index contributed by atoms with van der Waals surface area (Å²) < 4.78 is 0. The Morgan fingerprint density at radius 3 is 2.71 bits per heavy atom.